The van der Waals surface area contributed by atoms with Gasteiger partial charge in [-0.1, -0.05) is 6.58 Å². The number of rotatable bonds is 10. The summed E-state index contributed by atoms with van der Waals surface area (Å²) < 4.78 is 45.8. The number of phosphoric acid groups is 1. The lowest BCUT2D eigenvalue weighted by molar-refractivity contribution is -0.230. The number of hydrogen-bond acceptors (Lipinski definition) is 9. The molecule has 2 rings (SSSR count). The largest absolute Gasteiger partial charge is 0.746 e. The number of ether oxygens (including phenoxy) is 4. The van der Waals surface area contributed by atoms with Crippen molar-refractivity contribution in [3.63, 3.8) is 0 Å². The first-order valence-electron chi connectivity index (χ1n) is 10.1. The highest BCUT2D eigenvalue weighted by Gasteiger charge is 2.44. The molecule has 0 bridgehead atoms. The summed E-state index contributed by atoms with van der Waals surface area (Å²) in [5.74, 6) is -0.0751. The first kappa shape index (κ1) is 24.8. The van der Waals surface area contributed by atoms with Crippen LogP contribution in [0.15, 0.2) is 12.3 Å². The van der Waals surface area contributed by atoms with Gasteiger partial charge in [-0.3, -0.25) is 4.57 Å². The Labute approximate surface area is 173 Å². The first-order chi connectivity index (χ1) is 13.4. The molecule has 8 atom stereocenters. The smallest absolute Gasteiger partial charge is 0.319 e. The Morgan fingerprint density at radius 3 is 2.48 bits per heavy atom. The minimum atomic E-state index is -4.78. The minimum Gasteiger partial charge on any atom is -0.746 e. The summed E-state index contributed by atoms with van der Waals surface area (Å²) in [6.07, 6.45) is -2.56. The third-order valence-corrected chi connectivity index (χ3v) is 5.76. The zero-order chi connectivity index (χ0) is 21.9. The monoisotopic (exact) mass is 436 g/mol. The lowest BCUT2D eigenvalue weighted by Crippen LogP contribution is -2.43. The van der Waals surface area contributed by atoms with Gasteiger partial charge in [0, 0.05) is 6.42 Å². The predicted octanol–water partition coefficient (Wildman–Crippen LogP) is 1.88. The van der Waals surface area contributed by atoms with E-state index in [2.05, 4.69) is 6.58 Å². The van der Waals surface area contributed by atoms with Crippen LogP contribution in [0.5, 0.6) is 0 Å². The van der Waals surface area contributed by atoms with Crippen LogP contribution in [-0.4, -0.2) is 61.5 Å². The zero-order valence-electron chi connectivity index (χ0n) is 18.1. The van der Waals surface area contributed by atoms with Gasteiger partial charge in [0.25, 0.3) is 0 Å². The van der Waals surface area contributed by atoms with Gasteiger partial charge in [-0.2, -0.15) is 0 Å². The Morgan fingerprint density at radius 2 is 1.90 bits per heavy atom. The Bertz CT molecular complexity index is 601. The second kappa shape index (κ2) is 10.2. The molecule has 2 saturated heterocycles. The van der Waals surface area contributed by atoms with Crippen molar-refractivity contribution in [1.29, 1.82) is 0 Å². The summed E-state index contributed by atoms with van der Waals surface area (Å²) in [4.78, 5) is 12.6. The number of nitrogens with two attached hydrogens (primary N) is 1. The van der Waals surface area contributed by atoms with Gasteiger partial charge in [0.1, 0.15) is 24.1 Å². The van der Waals surface area contributed by atoms with Gasteiger partial charge in [0.05, 0.1) is 43.2 Å². The van der Waals surface area contributed by atoms with Gasteiger partial charge in [-0.05, 0) is 41.5 Å². The number of hydrogen-bond donors (Lipinski definition) is 1. The normalized spacial score (nSPS) is 37.2. The van der Waals surface area contributed by atoms with Gasteiger partial charge in [0.15, 0.2) is 0 Å². The molecule has 0 amide bonds. The quantitative estimate of drug-likeness (QED) is 0.404. The van der Waals surface area contributed by atoms with Gasteiger partial charge in [-0.15, -0.1) is 0 Å². The molecule has 2 heterocycles. The molecule has 9 nitrogen and oxygen atoms in total. The molecule has 2 aliphatic rings. The van der Waals surface area contributed by atoms with E-state index in [1.54, 1.807) is 6.92 Å². The molecule has 0 aromatic rings. The summed E-state index contributed by atoms with van der Waals surface area (Å²) in [6.45, 7) is 15.1. The topological polar surface area (TPSA) is 122 Å². The minimum absolute atomic E-state index is 0.0409. The van der Waals surface area contributed by atoms with E-state index in [1.807, 2.05) is 34.6 Å². The van der Waals surface area contributed by atoms with Crippen molar-refractivity contribution in [2.45, 2.75) is 103 Å². The maximum atomic E-state index is 12.6. The summed E-state index contributed by atoms with van der Waals surface area (Å²) in [6, 6.07) is -0.644. The molecule has 0 aliphatic carbocycles. The van der Waals surface area contributed by atoms with E-state index >= 15 is 0 Å². The zero-order valence-corrected chi connectivity index (χ0v) is 19.0. The van der Waals surface area contributed by atoms with Crippen LogP contribution in [0.1, 0.15) is 48.0 Å². The molecule has 170 valence electrons. The summed E-state index contributed by atoms with van der Waals surface area (Å²) >= 11 is 0. The molecule has 3 unspecified atom stereocenters. The van der Waals surface area contributed by atoms with Gasteiger partial charge >= 0.3 is 7.82 Å². The van der Waals surface area contributed by atoms with Crippen LogP contribution in [0.3, 0.4) is 0 Å². The molecule has 0 spiro atoms. The molecule has 10 heteroatoms. The van der Waals surface area contributed by atoms with Crippen molar-refractivity contribution in [3.8, 4) is 0 Å². The standard InChI is InChI=1S/C19H36NO8P/c1-10(2)23-9-16-19(17(20)13(6)26-16)28-29(21,22)27-14(7)18-15(24-11(3)4)8-12(5)25-18/h10-13,15-19H,7-9,20H2,1-6H3,(H,21,22)/p-1/t12-,13-,15?,16+,17?,18+,19-/m0/s1. The third kappa shape index (κ3) is 7.01. The second-order valence-electron chi connectivity index (χ2n) is 8.24. The van der Waals surface area contributed by atoms with Crippen molar-refractivity contribution in [2.24, 2.45) is 5.73 Å². The molecule has 2 aliphatic heterocycles. The summed E-state index contributed by atoms with van der Waals surface area (Å²) in [7, 11) is -4.78. The van der Waals surface area contributed by atoms with E-state index in [0.29, 0.717) is 6.42 Å². The van der Waals surface area contributed by atoms with Crippen molar-refractivity contribution < 1.29 is 37.5 Å². The second-order valence-corrected chi connectivity index (χ2v) is 9.53. The lowest BCUT2D eigenvalue weighted by atomic mass is 10.1. The Hall–Kier alpha value is -0.510. The molecular formula is C19H35NO8P-. The molecule has 0 radical (unpaired) electrons. The highest BCUT2D eigenvalue weighted by Crippen LogP contribution is 2.46. The first-order valence-corrected chi connectivity index (χ1v) is 11.6. The molecule has 2 fully saturated rings. The van der Waals surface area contributed by atoms with E-state index in [-0.39, 0.29) is 42.9 Å². The van der Waals surface area contributed by atoms with Crippen LogP contribution in [0.2, 0.25) is 0 Å². The third-order valence-electron chi connectivity index (χ3n) is 4.80. The van der Waals surface area contributed by atoms with Crippen molar-refractivity contribution in [1.82, 2.24) is 0 Å². The van der Waals surface area contributed by atoms with Crippen LogP contribution in [0.4, 0.5) is 0 Å². The average molecular weight is 436 g/mol. The van der Waals surface area contributed by atoms with Crippen LogP contribution in [-0.2, 0) is 32.6 Å². The van der Waals surface area contributed by atoms with Gasteiger partial charge in [-0.25, -0.2) is 0 Å². The Morgan fingerprint density at radius 1 is 1.24 bits per heavy atom. The fourth-order valence-electron chi connectivity index (χ4n) is 3.49. The average Bonchev–Trinajstić information content (AvgIpc) is 3.06. The maximum absolute atomic E-state index is 12.6. The Balaban J connectivity index is 2.01. The lowest BCUT2D eigenvalue weighted by Gasteiger charge is -2.32. The van der Waals surface area contributed by atoms with E-state index in [0.717, 1.165) is 0 Å². The van der Waals surface area contributed by atoms with Crippen LogP contribution in [0, 0.1) is 0 Å². The van der Waals surface area contributed by atoms with Crippen molar-refractivity contribution >= 4 is 7.82 Å². The van der Waals surface area contributed by atoms with Gasteiger partial charge < -0.3 is 38.6 Å². The van der Waals surface area contributed by atoms with E-state index in [9.17, 15) is 9.46 Å². The van der Waals surface area contributed by atoms with E-state index < -0.39 is 32.2 Å². The van der Waals surface area contributed by atoms with Crippen LogP contribution >= 0.6 is 7.82 Å². The highest BCUT2D eigenvalue weighted by molar-refractivity contribution is 7.46. The fraction of sp³-hybridized carbons (Fsp3) is 0.895. The summed E-state index contributed by atoms with van der Waals surface area (Å²) in [5, 5.41) is 0. The molecule has 2 N–H and O–H groups in total. The van der Waals surface area contributed by atoms with Crippen molar-refractivity contribution in [3.05, 3.63) is 12.3 Å². The highest BCUT2D eigenvalue weighted by atomic mass is 31.2. The molecule has 0 aromatic carbocycles. The maximum Gasteiger partial charge on any atom is 0.319 e. The molecule has 0 aromatic heterocycles. The van der Waals surface area contributed by atoms with Crippen LogP contribution in [0.25, 0.3) is 0 Å². The molecule has 29 heavy (non-hydrogen) atoms. The molecule has 0 saturated carbocycles. The van der Waals surface area contributed by atoms with E-state index in [1.165, 1.54) is 0 Å². The molecular weight excluding hydrogens is 401 g/mol. The van der Waals surface area contributed by atoms with E-state index in [4.69, 9.17) is 33.7 Å². The van der Waals surface area contributed by atoms with Crippen molar-refractivity contribution in [2.75, 3.05) is 6.61 Å². The van der Waals surface area contributed by atoms with Gasteiger partial charge in [0.2, 0.25) is 0 Å². The predicted molar refractivity (Wildman–Crippen MR) is 105 cm³/mol. The Kier molecular flexibility index (Phi) is 8.71. The van der Waals surface area contributed by atoms with Crippen LogP contribution < -0.4 is 10.6 Å². The summed E-state index contributed by atoms with van der Waals surface area (Å²) in [5.41, 5.74) is 6.09. The fourth-order valence-corrected chi connectivity index (χ4v) is 4.50. The SMILES string of the molecule is C=C(OP(=O)([O-])O[C@@H]1C(N)[C@H](C)O[C@@H]1COC(C)C)[C@H]1O[C@@H](C)CC1OC(C)C. The number of phosphoric ester groups is 1.